The van der Waals surface area contributed by atoms with Crippen LogP contribution in [0.1, 0.15) is 45.6 Å². The molecule has 0 amide bonds. The van der Waals surface area contributed by atoms with Gasteiger partial charge in [-0.1, -0.05) is 20.8 Å². The van der Waals surface area contributed by atoms with Crippen molar-refractivity contribution in [1.82, 2.24) is 0 Å². The van der Waals surface area contributed by atoms with Crippen LogP contribution in [0.3, 0.4) is 0 Å². The number of carbonyl (C=O) groups excluding carboxylic acids is 1. The van der Waals surface area contributed by atoms with E-state index in [1.54, 1.807) is 6.08 Å². The summed E-state index contributed by atoms with van der Waals surface area (Å²) in [5, 5.41) is 0. The minimum absolute atomic E-state index is 0.424. The fourth-order valence-corrected chi connectivity index (χ4v) is 1.93. The molecule has 0 saturated carbocycles. The Hall–Kier alpha value is -2.17. The summed E-state index contributed by atoms with van der Waals surface area (Å²) in [6.45, 7) is 7.89. The van der Waals surface area contributed by atoms with Gasteiger partial charge in [-0.05, 0) is 31.4 Å². The van der Waals surface area contributed by atoms with Crippen LogP contribution in [0.5, 0.6) is 17.2 Å². The zero-order valence-corrected chi connectivity index (χ0v) is 15.1. The second-order valence-electron chi connectivity index (χ2n) is 5.24. The van der Waals surface area contributed by atoms with Crippen molar-refractivity contribution in [3.05, 3.63) is 23.8 Å². The molecule has 0 fully saturated rings. The van der Waals surface area contributed by atoms with E-state index >= 15 is 0 Å². The highest BCUT2D eigenvalue weighted by atomic mass is 16.5. The molecule has 0 aliphatic carbocycles. The molecule has 0 aromatic heterocycles. The van der Waals surface area contributed by atoms with Crippen LogP contribution in [0, 0.1) is 0 Å². The summed E-state index contributed by atoms with van der Waals surface area (Å²) < 4.78 is 22.1. The van der Waals surface area contributed by atoms with Gasteiger partial charge in [0.25, 0.3) is 0 Å². The first-order valence-electron chi connectivity index (χ1n) is 8.48. The van der Waals surface area contributed by atoms with Crippen molar-refractivity contribution in [1.29, 1.82) is 0 Å². The van der Waals surface area contributed by atoms with Crippen LogP contribution in [0.2, 0.25) is 0 Å². The molecule has 1 rings (SSSR count). The maximum atomic E-state index is 11.4. The summed E-state index contributed by atoms with van der Waals surface area (Å²) in [7, 11) is 1.34. The van der Waals surface area contributed by atoms with Gasteiger partial charge < -0.3 is 18.9 Å². The van der Waals surface area contributed by atoms with Crippen LogP contribution < -0.4 is 14.2 Å². The summed E-state index contributed by atoms with van der Waals surface area (Å²) in [4.78, 5) is 11.4. The highest BCUT2D eigenvalue weighted by Gasteiger charge is 2.14. The Morgan fingerprint density at radius 3 is 2.21 bits per heavy atom. The van der Waals surface area contributed by atoms with Crippen LogP contribution in [-0.2, 0) is 9.53 Å². The first kappa shape index (κ1) is 19.9. The molecule has 5 heteroatoms. The smallest absolute Gasteiger partial charge is 0.330 e. The van der Waals surface area contributed by atoms with Gasteiger partial charge in [-0.2, -0.15) is 0 Å². The summed E-state index contributed by atoms with van der Waals surface area (Å²) >= 11 is 0. The molecular weight excluding hydrogens is 308 g/mol. The molecule has 0 heterocycles. The number of methoxy groups -OCH3 is 1. The monoisotopic (exact) mass is 336 g/mol. The number of rotatable bonds is 11. The maximum Gasteiger partial charge on any atom is 0.330 e. The summed E-state index contributed by atoms with van der Waals surface area (Å²) in [6.07, 6.45) is 5.70. The van der Waals surface area contributed by atoms with Gasteiger partial charge in [0.2, 0.25) is 0 Å². The Morgan fingerprint density at radius 2 is 1.58 bits per heavy atom. The molecule has 0 bridgehead atoms. The van der Waals surface area contributed by atoms with Crippen molar-refractivity contribution in [2.45, 2.75) is 40.0 Å². The summed E-state index contributed by atoms with van der Waals surface area (Å²) in [5.74, 6) is 1.52. The molecule has 0 N–H and O–H groups in total. The third-order valence-electron chi connectivity index (χ3n) is 3.04. The van der Waals surface area contributed by atoms with Crippen molar-refractivity contribution in [2.75, 3.05) is 26.9 Å². The highest BCUT2D eigenvalue weighted by molar-refractivity contribution is 5.88. The van der Waals surface area contributed by atoms with Gasteiger partial charge in [-0.25, -0.2) is 4.79 Å². The topological polar surface area (TPSA) is 54.0 Å². The van der Waals surface area contributed by atoms with E-state index in [9.17, 15) is 4.79 Å². The predicted octanol–water partition coefficient (Wildman–Crippen LogP) is 4.24. The largest absolute Gasteiger partial charge is 0.493 e. The second kappa shape index (κ2) is 11.4. The molecule has 0 atom stereocenters. The van der Waals surface area contributed by atoms with E-state index in [1.807, 2.05) is 32.9 Å². The quantitative estimate of drug-likeness (QED) is 0.447. The lowest BCUT2D eigenvalue weighted by atomic mass is 10.1. The van der Waals surface area contributed by atoms with Gasteiger partial charge in [0, 0.05) is 17.7 Å². The van der Waals surface area contributed by atoms with Gasteiger partial charge in [0.05, 0.1) is 26.9 Å². The van der Waals surface area contributed by atoms with E-state index in [1.165, 1.54) is 13.2 Å². The Labute approximate surface area is 144 Å². The van der Waals surface area contributed by atoms with Gasteiger partial charge >= 0.3 is 5.97 Å². The fourth-order valence-electron chi connectivity index (χ4n) is 1.93. The van der Waals surface area contributed by atoms with Gasteiger partial charge in [-0.15, -0.1) is 0 Å². The Kier molecular flexibility index (Phi) is 9.42. The average Bonchev–Trinajstić information content (AvgIpc) is 2.61. The first-order chi connectivity index (χ1) is 11.7. The van der Waals surface area contributed by atoms with Crippen LogP contribution in [0.4, 0.5) is 0 Å². The Balaban J connectivity index is 3.23. The van der Waals surface area contributed by atoms with Crippen molar-refractivity contribution >= 4 is 12.0 Å². The van der Waals surface area contributed by atoms with E-state index in [4.69, 9.17) is 14.2 Å². The molecule has 0 saturated heterocycles. The molecule has 0 unspecified atom stereocenters. The first-order valence-corrected chi connectivity index (χ1v) is 8.48. The third kappa shape index (κ3) is 6.52. The van der Waals surface area contributed by atoms with E-state index in [0.29, 0.717) is 37.1 Å². The van der Waals surface area contributed by atoms with Crippen LogP contribution in [0.25, 0.3) is 6.08 Å². The van der Waals surface area contributed by atoms with E-state index in [2.05, 4.69) is 4.74 Å². The van der Waals surface area contributed by atoms with Crippen molar-refractivity contribution < 1.29 is 23.7 Å². The van der Waals surface area contributed by atoms with Gasteiger partial charge in [0.1, 0.15) is 5.75 Å². The van der Waals surface area contributed by atoms with E-state index in [-0.39, 0.29) is 0 Å². The number of hydrogen-bond donors (Lipinski definition) is 0. The van der Waals surface area contributed by atoms with E-state index in [0.717, 1.165) is 24.8 Å². The van der Waals surface area contributed by atoms with Crippen molar-refractivity contribution in [2.24, 2.45) is 0 Å². The maximum absolute atomic E-state index is 11.4. The molecule has 1 aromatic carbocycles. The zero-order valence-electron chi connectivity index (χ0n) is 15.1. The van der Waals surface area contributed by atoms with Crippen molar-refractivity contribution in [3.63, 3.8) is 0 Å². The van der Waals surface area contributed by atoms with Crippen molar-refractivity contribution in [3.8, 4) is 17.2 Å². The SMILES string of the molecule is CCCOc1cc(C=CC(=O)OC)c(OCCC)c(OCCC)c1. The van der Waals surface area contributed by atoms with Gasteiger partial charge in [-0.3, -0.25) is 0 Å². The number of esters is 1. The van der Waals surface area contributed by atoms with E-state index < -0.39 is 5.97 Å². The number of ether oxygens (including phenoxy) is 4. The standard InChI is InChI=1S/C19H28O5/c1-5-10-22-16-13-15(8-9-18(20)21-4)19(24-12-7-3)17(14-16)23-11-6-2/h8-9,13-14H,5-7,10-12H2,1-4H3. The molecular formula is C19H28O5. The number of benzene rings is 1. The highest BCUT2D eigenvalue weighted by Crippen LogP contribution is 2.37. The molecule has 134 valence electrons. The minimum Gasteiger partial charge on any atom is -0.493 e. The molecule has 0 radical (unpaired) electrons. The van der Waals surface area contributed by atoms with Crippen LogP contribution in [-0.4, -0.2) is 32.9 Å². The predicted molar refractivity (Wildman–Crippen MR) is 94.9 cm³/mol. The fraction of sp³-hybridized carbons (Fsp3) is 0.526. The molecule has 0 spiro atoms. The zero-order chi connectivity index (χ0) is 17.8. The molecule has 24 heavy (non-hydrogen) atoms. The molecule has 0 aliphatic heterocycles. The van der Waals surface area contributed by atoms with Crippen LogP contribution in [0.15, 0.2) is 18.2 Å². The molecule has 1 aromatic rings. The lowest BCUT2D eigenvalue weighted by Crippen LogP contribution is -2.04. The number of carbonyl (C=O) groups is 1. The molecule has 5 nitrogen and oxygen atoms in total. The Bertz CT molecular complexity index is 537. The normalized spacial score (nSPS) is 10.7. The lowest BCUT2D eigenvalue weighted by molar-refractivity contribution is -0.134. The average molecular weight is 336 g/mol. The minimum atomic E-state index is -0.424. The third-order valence-corrected chi connectivity index (χ3v) is 3.04. The lowest BCUT2D eigenvalue weighted by Gasteiger charge is -2.17. The van der Waals surface area contributed by atoms with Crippen LogP contribution >= 0.6 is 0 Å². The van der Waals surface area contributed by atoms with Gasteiger partial charge in [0.15, 0.2) is 11.5 Å². The Morgan fingerprint density at radius 1 is 0.958 bits per heavy atom. The summed E-state index contributed by atoms with van der Waals surface area (Å²) in [5.41, 5.74) is 0.730. The summed E-state index contributed by atoms with van der Waals surface area (Å²) in [6, 6.07) is 3.69. The molecule has 0 aliphatic rings. The number of hydrogen-bond acceptors (Lipinski definition) is 5. The second-order valence-corrected chi connectivity index (χ2v) is 5.24.